The molecule has 4 heteroatoms. The van der Waals surface area contributed by atoms with Gasteiger partial charge in [-0.1, -0.05) is 6.42 Å². The fraction of sp³-hybridized carbons (Fsp3) is 0.583. The molecule has 0 bridgehead atoms. The second kappa shape index (κ2) is 4.70. The number of H-pyrrole nitrogens is 1. The molecule has 1 aromatic rings. The molecule has 16 heavy (non-hydrogen) atoms. The van der Waals surface area contributed by atoms with Crippen molar-refractivity contribution in [3.05, 3.63) is 27.7 Å². The molecule has 1 aliphatic carbocycles. The van der Waals surface area contributed by atoms with Gasteiger partial charge in [0.15, 0.2) is 0 Å². The summed E-state index contributed by atoms with van der Waals surface area (Å²) in [7, 11) is 0. The Labute approximate surface area is 94.8 Å². The van der Waals surface area contributed by atoms with E-state index in [1.54, 1.807) is 0 Å². The van der Waals surface area contributed by atoms with Crippen LogP contribution in [0.5, 0.6) is 5.75 Å². The fourth-order valence-corrected chi connectivity index (χ4v) is 1.88. The number of aryl methyl sites for hydroxylation is 1. The van der Waals surface area contributed by atoms with Crippen molar-refractivity contribution >= 4 is 0 Å². The predicted octanol–water partition coefficient (Wildman–Crippen LogP) is 1.32. The number of ether oxygens (including phenoxy) is 1. The number of nitrogens with two attached hydrogens (primary N) is 1. The van der Waals surface area contributed by atoms with Gasteiger partial charge in [0.1, 0.15) is 5.75 Å². The van der Waals surface area contributed by atoms with Crippen LogP contribution in [0.4, 0.5) is 0 Å². The first kappa shape index (κ1) is 11.2. The van der Waals surface area contributed by atoms with Crippen LogP contribution in [0.1, 0.15) is 30.5 Å². The SMILES string of the molecule is Cc1cc(OCC2CCC2)c(CN)c(=O)[nH]1. The molecule has 1 aliphatic rings. The Kier molecular flexibility index (Phi) is 3.29. The van der Waals surface area contributed by atoms with Gasteiger partial charge in [0, 0.05) is 12.2 Å². The van der Waals surface area contributed by atoms with Crippen LogP contribution < -0.4 is 16.0 Å². The molecule has 0 aliphatic heterocycles. The van der Waals surface area contributed by atoms with E-state index in [9.17, 15) is 4.79 Å². The molecule has 0 spiro atoms. The molecule has 0 aromatic carbocycles. The smallest absolute Gasteiger partial charge is 0.256 e. The van der Waals surface area contributed by atoms with Crippen LogP contribution in [0.25, 0.3) is 0 Å². The van der Waals surface area contributed by atoms with Crippen molar-refractivity contribution in [3.8, 4) is 5.75 Å². The lowest BCUT2D eigenvalue weighted by Crippen LogP contribution is -2.23. The molecule has 0 radical (unpaired) electrons. The summed E-state index contributed by atoms with van der Waals surface area (Å²) in [5.41, 5.74) is 6.78. The molecular weight excluding hydrogens is 204 g/mol. The van der Waals surface area contributed by atoms with Crippen molar-refractivity contribution in [2.45, 2.75) is 32.7 Å². The first-order valence-corrected chi connectivity index (χ1v) is 5.76. The van der Waals surface area contributed by atoms with Crippen LogP contribution in [0.3, 0.4) is 0 Å². The van der Waals surface area contributed by atoms with Crippen LogP contribution in [-0.2, 0) is 6.54 Å². The number of nitrogens with one attached hydrogen (secondary N) is 1. The quantitative estimate of drug-likeness (QED) is 0.807. The Morgan fingerprint density at radius 2 is 2.31 bits per heavy atom. The maximum absolute atomic E-state index is 11.6. The maximum Gasteiger partial charge on any atom is 0.256 e. The summed E-state index contributed by atoms with van der Waals surface area (Å²) >= 11 is 0. The average Bonchev–Trinajstić information content (AvgIpc) is 2.14. The van der Waals surface area contributed by atoms with E-state index in [-0.39, 0.29) is 12.1 Å². The van der Waals surface area contributed by atoms with Crippen molar-refractivity contribution in [1.82, 2.24) is 4.98 Å². The third-order valence-electron chi connectivity index (χ3n) is 3.13. The highest BCUT2D eigenvalue weighted by Crippen LogP contribution is 2.27. The molecule has 1 aromatic heterocycles. The maximum atomic E-state index is 11.6. The minimum atomic E-state index is -0.133. The van der Waals surface area contributed by atoms with E-state index in [1.807, 2.05) is 13.0 Å². The van der Waals surface area contributed by atoms with E-state index >= 15 is 0 Å². The lowest BCUT2D eigenvalue weighted by atomic mass is 9.86. The average molecular weight is 222 g/mol. The van der Waals surface area contributed by atoms with Crippen LogP contribution in [-0.4, -0.2) is 11.6 Å². The first-order valence-electron chi connectivity index (χ1n) is 5.76. The van der Waals surface area contributed by atoms with Crippen molar-refractivity contribution in [3.63, 3.8) is 0 Å². The number of pyridine rings is 1. The van der Waals surface area contributed by atoms with Crippen LogP contribution >= 0.6 is 0 Å². The summed E-state index contributed by atoms with van der Waals surface area (Å²) in [5, 5.41) is 0. The summed E-state index contributed by atoms with van der Waals surface area (Å²) in [4.78, 5) is 14.3. The zero-order valence-corrected chi connectivity index (χ0v) is 9.58. The number of hydrogen-bond acceptors (Lipinski definition) is 3. The molecule has 1 fully saturated rings. The molecular formula is C12H18N2O2. The van der Waals surface area contributed by atoms with Crippen LogP contribution in [0, 0.1) is 12.8 Å². The molecule has 0 amide bonds. The van der Waals surface area contributed by atoms with Crippen molar-refractivity contribution in [1.29, 1.82) is 0 Å². The Hall–Kier alpha value is -1.29. The number of aromatic nitrogens is 1. The fourth-order valence-electron chi connectivity index (χ4n) is 1.88. The lowest BCUT2D eigenvalue weighted by molar-refractivity contribution is 0.179. The van der Waals surface area contributed by atoms with E-state index in [0.29, 0.717) is 23.8 Å². The summed E-state index contributed by atoms with van der Waals surface area (Å²) in [6, 6.07) is 1.85. The molecule has 2 rings (SSSR count). The van der Waals surface area contributed by atoms with Crippen molar-refractivity contribution in [2.24, 2.45) is 11.7 Å². The summed E-state index contributed by atoms with van der Waals surface area (Å²) in [5.74, 6) is 1.31. The zero-order chi connectivity index (χ0) is 11.5. The van der Waals surface area contributed by atoms with Crippen LogP contribution in [0.2, 0.25) is 0 Å². The van der Waals surface area contributed by atoms with Gasteiger partial charge in [-0.25, -0.2) is 0 Å². The van der Waals surface area contributed by atoms with Gasteiger partial charge in [0.2, 0.25) is 0 Å². The highest BCUT2D eigenvalue weighted by Gasteiger charge is 2.19. The third-order valence-corrected chi connectivity index (χ3v) is 3.13. The van der Waals surface area contributed by atoms with Gasteiger partial charge < -0.3 is 15.5 Å². The van der Waals surface area contributed by atoms with Gasteiger partial charge in [0.25, 0.3) is 5.56 Å². The highest BCUT2D eigenvalue weighted by molar-refractivity contribution is 5.32. The summed E-state index contributed by atoms with van der Waals surface area (Å²) in [6.45, 7) is 2.77. The molecule has 3 N–H and O–H groups in total. The molecule has 1 heterocycles. The second-order valence-corrected chi connectivity index (χ2v) is 4.44. The molecule has 0 atom stereocenters. The predicted molar refractivity (Wildman–Crippen MR) is 62.5 cm³/mol. The highest BCUT2D eigenvalue weighted by atomic mass is 16.5. The first-order chi connectivity index (χ1) is 7.70. The molecule has 1 saturated carbocycles. The van der Waals surface area contributed by atoms with E-state index in [2.05, 4.69) is 4.98 Å². The number of aromatic amines is 1. The standard InChI is InChI=1S/C12H18N2O2/c1-8-5-11(10(6-13)12(15)14-8)16-7-9-3-2-4-9/h5,9H,2-4,6-7,13H2,1H3,(H,14,15). The second-order valence-electron chi connectivity index (χ2n) is 4.44. The van der Waals surface area contributed by atoms with E-state index in [0.717, 1.165) is 5.69 Å². The van der Waals surface area contributed by atoms with Gasteiger partial charge in [-0.15, -0.1) is 0 Å². The molecule has 88 valence electrons. The van der Waals surface area contributed by atoms with E-state index in [1.165, 1.54) is 19.3 Å². The normalized spacial score (nSPS) is 15.9. The minimum absolute atomic E-state index is 0.133. The van der Waals surface area contributed by atoms with Crippen molar-refractivity contribution < 1.29 is 4.74 Å². The molecule has 4 nitrogen and oxygen atoms in total. The largest absolute Gasteiger partial charge is 0.493 e. The summed E-state index contributed by atoms with van der Waals surface area (Å²) in [6.07, 6.45) is 3.77. The Morgan fingerprint density at radius 3 is 2.88 bits per heavy atom. The lowest BCUT2D eigenvalue weighted by Gasteiger charge is -2.25. The molecule has 0 saturated heterocycles. The topological polar surface area (TPSA) is 68.1 Å². The number of rotatable bonds is 4. The molecule has 0 unspecified atom stereocenters. The summed E-state index contributed by atoms with van der Waals surface area (Å²) < 4.78 is 5.69. The Bertz CT molecular complexity index is 422. The van der Waals surface area contributed by atoms with Crippen LogP contribution in [0.15, 0.2) is 10.9 Å². The van der Waals surface area contributed by atoms with E-state index in [4.69, 9.17) is 10.5 Å². The Balaban J connectivity index is 2.13. The zero-order valence-electron chi connectivity index (χ0n) is 9.58. The van der Waals surface area contributed by atoms with E-state index < -0.39 is 0 Å². The third kappa shape index (κ3) is 2.27. The van der Waals surface area contributed by atoms with Gasteiger partial charge in [-0.3, -0.25) is 4.79 Å². The number of hydrogen-bond donors (Lipinski definition) is 2. The van der Waals surface area contributed by atoms with Gasteiger partial charge in [-0.2, -0.15) is 0 Å². The monoisotopic (exact) mass is 222 g/mol. The minimum Gasteiger partial charge on any atom is -0.493 e. The van der Waals surface area contributed by atoms with Gasteiger partial charge in [-0.05, 0) is 31.7 Å². The van der Waals surface area contributed by atoms with Gasteiger partial charge in [0.05, 0.1) is 12.2 Å². The Morgan fingerprint density at radius 1 is 1.56 bits per heavy atom. The van der Waals surface area contributed by atoms with Gasteiger partial charge >= 0.3 is 0 Å². The van der Waals surface area contributed by atoms with Crippen molar-refractivity contribution in [2.75, 3.05) is 6.61 Å².